The van der Waals surface area contributed by atoms with Crippen LogP contribution in [0.1, 0.15) is 30.0 Å². The maximum atomic E-state index is 12.8. The monoisotopic (exact) mass is 233 g/mol. The molecule has 3 heteroatoms. The summed E-state index contributed by atoms with van der Waals surface area (Å²) in [6, 6.07) is 10.6. The van der Waals surface area contributed by atoms with Gasteiger partial charge in [0.2, 0.25) is 0 Å². The molecule has 0 fully saturated rings. The molecule has 17 heavy (non-hydrogen) atoms. The van der Waals surface area contributed by atoms with Gasteiger partial charge in [-0.3, -0.25) is 0 Å². The molecule has 0 bridgehead atoms. The van der Waals surface area contributed by atoms with E-state index in [1.54, 1.807) is 12.1 Å². The van der Waals surface area contributed by atoms with Crippen molar-refractivity contribution in [1.82, 2.24) is 5.32 Å². The minimum Gasteiger partial charge on any atom is -0.465 e. The largest absolute Gasteiger partial charge is 0.465 e. The van der Waals surface area contributed by atoms with Gasteiger partial charge in [0, 0.05) is 6.04 Å². The third kappa shape index (κ3) is 3.17. The van der Waals surface area contributed by atoms with Crippen molar-refractivity contribution in [3.8, 4) is 0 Å². The van der Waals surface area contributed by atoms with Gasteiger partial charge in [-0.05, 0) is 43.7 Å². The van der Waals surface area contributed by atoms with Crippen LogP contribution in [0.25, 0.3) is 0 Å². The van der Waals surface area contributed by atoms with Crippen molar-refractivity contribution < 1.29 is 8.81 Å². The van der Waals surface area contributed by atoms with Gasteiger partial charge in [0.25, 0.3) is 0 Å². The summed E-state index contributed by atoms with van der Waals surface area (Å²) in [5, 5.41) is 3.33. The standard InChI is InChI=1S/C14H16FNO/c1-10-3-8-14(17-10)9-16-11(2)12-4-6-13(15)7-5-12/h3-8,11,16H,9H2,1-2H3/t11-/m1/s1. The molecule has 1 heterocycles. The number of rotatable bonds is 4. The second-order valence-electron chi connectivity index (χ2n) is 4.17. The molecule has 0 unspecified atom stereocenters. The van der Waals surface area contributed by atoms with E-state index < -0.39 is 0 Å². The van der Waals surface area contributed by atoms with Crippen LogP contribution >= 0.6 is 0 Å². The van der Waals surface area contributed by atoms with Gasteiger partial charge >= 0.3 is 0 Å². The topological polar surface area (TPSA) is 25.2 Å². The Balaban J connectivity index is 1.93. The Morgan fingerprint density at radius 2 is 1.88 bits per heavy atom. The maximum Gasteiger partial charge on any atom is 0.123 e. The van der Waals surface area contributed by atoms with Crippen molar-refractivity contribution in [1.29, 1.82) is 0 Å². The number of nitrogens with one attached hydrogen (secondary N) is 1. The van der Waals surface area contributed by atoms with Gasteiger partial charge in [-0.2, -0.15) is 0 Å². The summed E-state index contributed by atoms with van der Waals surface area (Å²) in [6.45, 7) is 4.64. The van der Waals surface area contributed by atoms with Crippen LogP contribution in [-0.2, 0) is 6.54 Å². The van der Waals surface area contributed by atoms with Crippen molar-refractivity contribution in [2.75, 3.05) is 0 Å². The first-order valence-electron chi connectivity index (χ1n) is 5.69. The van der Waals surface area contributed by atoms with Crippen LogP contribution in [0, 0.1) is 12.7 Å². The second kappa shape index (κ2) is 5.15. The Morgan fingerprint density at radius 1 is 1.18 bits per heavy atom. The van der Waals surface area contributed by atoms with Crippen LogP contribution in [0.2, 0.25) is 0 Å². The summed E-state index contributed by atoms with van der Waals surface area (Å²) in [5.74, 6) is 1.62. The number of furan rings is 1. The highest BCUT2D eigenvalue weighted by molar-refractivity contribution is 5.19. The molecule has 0 aliphatic rings. The summed E-state index contributed by atoms with van der Waals surface area (Å²) in [4.78, 5) is 0. The molecule has 1 atom stereocenters. The summed E-state index contributed by atoms with van der Waals surface area (Å²) in [5.41, 5.74) is 1.06. The molecule has 0 saturated heterocycles. The Labute approximate surface area is 100 Å². The van der Waals surface area contributed by atoms with E-state index in [0.717, 1.165) is 17.1 Å². The van der Waals surface area contributed by atoms with Gasteiger partial charge < -0.3 is 9.73 Å². The molecule has 0 aliphatic carbocycles. The molecule has 90 valence electrons. The van der Waals surface area contributed by atoms with Gasteiger partial charge in [0.1, 0.15) is 17.3 Å². The highest BCUT2D eigenvalue weighted by Gasteiger charge is 2.06. The fourth-order valence-electron chi connectivity index (χ4n) is 1.70. The Hall–Kier alpha value is -1.61. The molecular weight excluding hydrogens is 217 g/mol. The predicted octanol–water partition coefficient (Wildman–Crippen LogP) is 3.58. The van der Waals surface area contributed by atoms with Gasteiger partial charge in [-0.25, -0.2) is 4.39 Å². The van der Waals surface area contributed by atoms with Gasteiger partial charge in [0.05, 0.1) is 6.54 Å². The lowest BCUT2D eigenvalue weighted by molar-refractivity contribution is 0.444. The van der Waals surface area contributed by atoms with E-state index in [0.29, 0.717) is 6.54 Å². The maximum absolute atomic E-state index is 12.8. The third-order valence-electron chi connectivity index (χ3n) is 2.75. The lowest BCUT2D eigenvalue weighted by atomic mass is 10.1. The minimum atomic E-state index is -0.206. The smallest absolute Gasteiger partial charge is 0.123 e. The van der Waals surface area contributed by atoms with E-state index in [9.17, 15) is 4.39 Å². The van der Waals surface area contributed by atoms with Crippen LogP contribution in [0.5, 0.6) is 0 Å². The van der Waals surface area contributed by atoms with Crippen LogP contribution < -0.4 is 5.32 Å². The average molecular weight is 233 g/mol. The highest BCUT2D eigenvalue weighted by atomic mass is 19.1. The lowest BCUT2D eigenvalue weighted by Crippen LogP contribution is -2.17. The second-order valence-corrected chi connectivity index (χ2v) is 4.17. The average Bonchev–Trinajstić information content (AvgIpc) is 2.73. The molecule has 1 N–H and O–H groups in total. The van der Waals surface area contributed by atoms with Crippen molar-refractivity contribution in [3.05, 3.63) is 59.3 Å². The molecule has 1 aromatic carbocycles. The fourth-order valence-corrected chi connectivity index (χ4v) is 1.70. The fraction of sp³-hybridized carbons (Fsp3) is 0.286. The van der Waals surface area contributed by atoms with E-state index >= 15 is 0 Å². The SMILES string of the molecule is Cc1ccc(CN[C@H](C)c2ccc(F)cc2)o1. The summed E-state index contributed by atoms with van der Waals surface area (Å²) in [7, 11) is 0. The van der Waals surface area contributed by atoms with Crippen LogP contribution in [0.15, 0.2) is 40.8 Å². The number of aryl methyl sites for hydroxylation is 1. The van der Waals surface area contributed by atoms with Crippen molar-refractivity contribution in [3.63, 3.8) is 0 Å². The first-order valence-corrected chi connectivity index (χ1v) is 5.69. The molecule has 0 saturated carbocycles. The molecule has 0 aliphatic heterocycles. The van der Waals surface area contributed by atoms with E-state index in [-0.39, 0.29) is 11.9 Å². The molecular formula is C14H16FNO. The zero-order valence-electron chi connectivity index (χ0n) is 10.0. The Kier molecular flexibility index (Phi) is 3.59. The molecule has 2 rings (SSSR count). The summed E-state index contributed by atoms with van der Waals surface area (Å²) < 4.78 is 18.2. The van der Waals surface area contributed by atoms with Crippen molar-refractivity contribution in [2.24, 2.45) is 0 Å². The summed E-state index contributed by atoms with van der Waals surface area (Å²) in [6.07, 6.45) is 0. The normalized spacial score (nSPS) is 12.6. The van der Waals surface area contributed by atoms with E-state index in [2.05, 4.69) is 5.32 Å². The van der Waals surface area contributed by atoms with Gasteiger partial charge in [0.15, 0.2) is 0 Å². The molecule has 2 aromatic rings. The molecule has 0 spiro atoms. The predicted molar refractivity (Wildman–Crippen MR) is 65.1 cm³/mol. The third-order valence-corrected chi connectivity index (χ3v) is 2.75. The lowest BCUT2D eigenvalue weighted by Gasteiger charge is -2.13. The van der Waals surface area contributed by atoms with Crippen LogP contribution in [-0.4, -0.2) is 0 Å². The van der Waals surface area contributed by atoms with Crippen LogP contribution in [0.4, 0.5) is 4.39 Å². The van der Waals surface area contributed by atoms with Crippen molar-refractivity contribution >= 4 is 0 Å². The molecule has 0 amide bonds. The summed E-state index contributed by atoms with van der Waals surface area (Å²) >= 11 is 0. The molecule has 1 aromatic heterocycles. The first-order chi connectivity index (χ1) is 8.15. The van der Waals surface area contributed by atoms with E-state index in [1.807, 2.05) is 26.0 Å². The van der Waals surface area contributed by atoms with Crippen LogP contribution in [0.3, 0.4) is 0 Å². The first kappa shape index (κ1) is 11.9. The molecule has 0 radical (unpaired) electrons. The number of halogens is 1. The number of hydrogen-bond acceptors (Lipinski definition) is 2. The highest BCUT2D eigenvalue weighted by Crippen LogP contribution is 2.14. The van der Waals surface area contributed by atoms with Gasteiger partial charge in [-0.1, -0.05) is 12.1 Å². The van der Waals surface area contributed by atoms with Gasteiger partial charge in [-0.15, -0.1) is 0 Å². The number of hydrogen-bond donors (Lipinski definition) is 1. The quantitative estimate of drug-likeness (QED) is 0.873. The van der Waals surface area contributed by atoms with E-state index in [4.69, 9.17) is 4.42 Å². The van der Waals surface area contributed by atoms with Crippen molar-refractivity contribution in [2.45, 2.75) is 26.4 Å². The Bertz CT molecular complexity index is 475. The Morgan fingerprint density at radius 3 is 2.47 bits per heavy atom. The molecule has 2 nitrogen and oxygen atoms in total. The number of benzene rings is 1. The minimum absolute atomic E-state index is 0.168. The van der Waals surface area contributed by atoms with E-state index in [1.165, 1.54) is 12.1 Å². The zero-order chi connectivity index (χ0) is 12.3. The zero-order valence-corrected chi connectivity index (χ0v) is 10.0.